The third-order valence-electron chi connectivity index (χ3n) is 2.06. The van der Waals surface area contributed by atoms with Crippen LogP contribution < -0.4 is 11.4 Å². The molecular weight excluding hydrogens is 178 g/mol. The van der Waals surface area contributed by atoms with Crippen LogP contribution in [0, 0.1) is 0 Å². The van der Waals surface area contributed by atoms with Crippen LogP contribution in [0.25, 0.3) is 0 Å². The van der Waals surface area contributed by atoms with E-state index >= 15 is 0 Å². The molecular formula is C10H17N3O. The van der Waals surface area contributed by atoms with Gasteiger partial charge >= 0.3 is 5.69 Å². The minimum absolute atomic E-state index is 0.261. The minimum atomic E-state index is -0.261. The molecule has 0 unspecified atom stereocenters. The molecule has 1 rings (SSSR count). The summed E-state index contributed by atoms with van der Waals surface area (Å²) in [6.07, 6.45) is 1.70. The van der Waals surface area contributed by atoms with Crippen molar-refractivity contribution in [3.63, 3.8) is 0 Å². The molecule has 3 N–H and O–H groups in total. The Balaban J connectivity index is 2.90. The second-order valence-corrected chi connectivity index (χ2v) is 3.68. The largest absolute Gasteiger partial charge is 0.345 e. The first-order valence-electron chi connectivity index (χ1n) is 4.93. The molecule has 4 heteroatoms. The van der Waals surface area contributed by atoms with Crippen molar-refractivity contribution in [3.05, 3.63) is 27.9 Å². The highest BCUT2D eigenvalue weighted by molar-refractivity contribution is 5.11. The maximum Gasteiger partial charge on any atom is 0.345 e. The van der Waals surface area contributed by atoms with E-state index in [4.69, 9.17) is 5.73 Å². The lowest BCUT2D eigenvalue weighted by Gasteiger charge is -2.05. The lowest BCUT2D eigenvalue weighted by atomic mass is 10.1. The van der Waals surface area contributed by atoms with E-state index in [9.17, 15) is 4.79 Å². The monoisotopic (exact) mass is 195 g/mol. The van der Waals surface area contributed by atoms with E-state index in [2.05, 4.69) is 9.97 Å². The molecule has 78 valence electrons. The summed E-state index contributed by atoms with van der Waals surface area (Å²) in [7, 11) is 0. The topological polar surface area (TPSA) is 71.8 Å². The number of nitrogens with two attached hydrogens (primary N) is 1. The van der Waals surface area contributed by atoms with Gasteiger partial charge < -0.3 is 10.7 Å². The van der Waals surface area contributed by atoms with Crippen molar-refractivity contribution < 1.29 is 0 Å². The number of aryl methyl sites for hydroxylation is 1. The fourth-order valence-corrected chi connectivity index (χ4v) is 1.25. The van der Waals surface area contributed by atoms with Crippen molar-refractivity contribution >= 4 is 0 Å². The van der Waals surface area contributed by atoms with E-state index < -0.39 is 0 Å². The highest BCUT2D eigenvalue weighted by atomic mass is 16.1. The van der Waals surface area contributed by atoms with Crippen molar-refractivity contribution in [2.75, 3.05) is 6.54 Å². The van der Waals surface area contributed by atoms with Gasteiger partial charge in [-0.1, -0.05) is 13.8 Å². The van der Waals surface area contributed by atoms with E-state index in [1.807, 2.05) is 19.9 Å². The van der Waals surface area contributed by atoms with E-state index in [-0.39, 0.29) is 11.6 Å². The summed E-state index contributed by atoms with van der Waals surface area (Å²) in [5.74, 6) is 0.286. The highest BCUT2D eigenvalue weighted by Crippen LogP contribution is 2.10. The number of nitrogens with one attached hydrogen (secondary N) is 1. The van der Waals surface area contributed by atoms with E-state index in [1.54, 1.807) is 0 Å². The van der Waals surface area contributed by atoms with Crippen molar-refractivity contribution in [1.82, 2.24) is 9.97 Å². The SMILES string of the molecule is CC(C)c1cc(CCCN)[nH]c(=O)n1. The molecule has 0 saturated heterocycles. The second-order valence-electron chi connectivity index (χ2n) is 3.68. The van der Waals surface area contributed by atoms with E-state index in [0.717, 1.165) is 24.2 Å². The molecule has 4 nitrogen and oxygen atoms in total. The molecule has 0 aromatic carbocycles. The lowest BCUT2D eigenvalue weighted by molar-refractivity contribution is 0.759. The Morgan fingerprint density at radius 3 is 2.86 bits per heavy atom. The molecule has 14 heavy (non-hydrogen) atoms. The summed E-state index contributed by atoms with van der Waals surface area (Å²) in [6.45, 7) is 4.68. The van der Waals surface area contributed by atoms with Crippen LogP contribution in [0.4, 0.5) is 0 Å². The van der Waals surface area contributed by atoms with Gasteiger partial charge in [-0.05, 0) is 31.4 Å². The number of hydrogen-bond donors (Lipinski definition) is 2. The third-order valence-corrected chi connectivity index (χ3v) is 2.06. The van der Waals surface area contributed by atoms with Crippen LogP contribution in [0.5, 0.6) is 0 Å². The Bertz CT molecular complexity index is 343. The Morgan fingerprint density at radius 2 is 2.29 bits per heavy atom. The first-order chi connectivity index (χ1) is 6.63. The summed E-state index contributed by atoms with van der Waals surface area (Å²) in [6, 6.07) is 1.95. The van der Waals surface area contributed by atoms with Crippen LogP contribution in [0.2, 0.25) is 0 Å². The minimum Gasteiger partial charge on any atom is -0.330 e. The number of aromatic amines is 1. The molecule has 0 spiro atoms. The van der Waals surface area contributed by atoms with Crippen LogP contribution in [0.3, 0.4) is 0 Å². The smallest absolute Gasteiger partial charge is 0.330 e. The maximum absolute atomic E-state index is 11.2. The van der Waals surface area contributed by atoms with Crippen LogP contribution in [-0.2, 0) is 6.42 Å². The first kappa shape index (κ1) is 10.9. The predicted octanol–water partition coefficient (Wildman–Crippen LogP) is 0.785. The van der Waals surface area contributed by atoms with Gasteiger partial charge in [-0.2, -0.15) is 4.98 Å². The average Bonchev–Trinajstić information content (AvgIpc) is 2.14. The molecule has 0 aliphatic rings. The average molecular weight is 195 g/mol. The molecule has 0 atom stereocenters. The normalized spacial score (nSPS) is 10.9. The molecule has 0 aliphatic carbocycles. The number of hydrogen-bond acceptors (Lipinski definition) is 3. The third kappa shape index (κ3) is 2.96. The molecule has 0 aliphatic heterocycles. The number of aromatic nitrogens is 2. The lowest BCUT2D eigenvalue weighted by Crippen LogP contribution is -2.16. The number of rotatable bonds is 4. The van der Waals surface area contributed by atoms with Gasteiger partial charge in [-0.25, -0.2) is 4.79 Å². The molecule has 1 heterocycles. The first-order valence-corrected chi connectivity index (χ1v) is 4.93. The van der Waals surface area contributed by atoms with Gasteiger partial charge in [0.25, 0.3) is 0 Å². The maximum atomic E-state index is 11.2. The van der Waals surface area contributed by atoms with Gasteiger partial charge in [0, 0.05) is 5.69 Å². The van der Waals surface area contributed by atoms with Crippen molar-refractivity contribution in [2.24, 2.45) is 5.73 Å². The molecule has 0 amide bonds. The number of nitrogens with zero attached hydrogens (tertiary/aromatic N) is 1. The zero-order chi connectivity index (χ0) is 10.6. The molecule has 0 fully saturated rings. The zero-order valence-electron chi connectivity index (χ0n) is 8.71. The van der Waals surface area contributed by atoms with Gasteiger partial charge in [0.2, 0.25) is 0 Å². The van der Waals surface area contributed by atoms with Crippen LogP contribution in [0.1, 0.15) is 37.6 Å². The summed E-state index contributed by atoms with van der Waals surface area (Å²) < 4.78 is 0. The molecule has 1 aromatic rings. The highest BCUT2D eigenvalue weighted by Gasteiger charge is 2.04. The number of H-pyrrole nitrogens is 1. The Labute approximate surface area is 83.6 Å². The van der Waals surface area contributed by atoms with Gasteiger partial charge in [-0.15, -0.1) is 0 Å². The van der Waals surface area contributed by atoms with Crippen molar-refractivity contribution in [3.8, 4) is 0 Å². The summed E-state index contributed by atoms with van der Waals surface area (Å²) >= 11 is 0. The molecule has 1 aromatic heterocycles. The standard InChI is InChI=1S/C10H17N3O/c1-7(2)9-6-8(4-3-5-11)12-10(14)13-9/h6-7H,3-5,11H2,1-2H3,(H,12,13,14). The summed E-state index contributed by atoms with van der Waals surface area (Å²) in [4.78, 5) is 17.8. The van der Waals surface area contributed by atoms with Gasteiger partial charge in [0.15, 0.2) is 0 Å². The van der Waals surface area contributed by atoms with Crippen LogP contribution >= 0.6 is 0 Å². The summed E-state index contributed by atoms with van der Waals surface area (Å²) in [5, 5.41) is 0. The van der Waals surface area contributed by atoms with Crippen molar-refractivity contribution in [2.45, 2.75) is 32.6 Å². The van der Waals surface area contributed by atoms with Gasteiger partial charge in [0.05, 0.1) is 5.69 Å². The predicted molar refractivity (Wildman–Crippen MR) is 56.3 cm³/mol. The van der Waals surface area contributed by atoms with E-state index in [0.29, 0.717) is 6.54 Å². The molecule has 0 saturated carbocycles. The fraction of sp³-hybridized carbons (Fsp3) is 0.600. The summed E-state index contributed by atoms with van der Waals surface area (Å²) in [5.41, 5.74) is 6.92. The quantitative estimate of drug-likeness (QED) is 0.746. The van der Waals surface area contributed by atoms with Gasteiger partial charge in [0.1, 0.15) is 0 Å². The Kier molecular flexibility index (Phi) is 3.83. The van der Waals surface area contributed by atoms with Crippen LogP contribution in [-0.4, -0.2) is 16.5 Å². The second kappa shape index (κ2) is 4.91. The fourth-order valence-electron chi connectivity index (χ4n) is 1.25. The zero-order valence-corrected chi connectivity index (χ0v) is 8.71. The van der Waals surface area contributed by atoms with Crippen molar-refractivity contribution in [1.29, 1.82) is 0 Å². The van der Waals surface area contributed by atoms with Gasteiger partial charge in [-0.3, -0.25) is 0 Å². The van der Waals surface area contributed by atoms with E-state index in [1.165, 1.54) is 0 Å². The van der Waals surface area contributed by atoms with Crippen LogP contribution in [0.15, 0.2) is 10.9 Å². The molecule has 0 radical (unpaired) electrons. The Hall–Kier alpha value is -1.16. The molecule has 0 bridgehead atoms. The Morgan fingerprint density at radius 1 is 1.57 bits per heavy atom.